The number of rotatable bonds is 1. The quantitative estimate of drug-likeness (QED) is 0.657. The molecule has 1 fully saturated rings. The number of amides is 1. The summed E-state index contributed by atoms with van der Waals surface area (Å²) >= 11 is 0. The highest BCUT2D eigenvalue weighted by atomic mass is 16.5. The van der Waals surface area contributed by atoms with Crippen LogP contribution in [0.2, 0.25) is 0 Å². The number of carbonyl (C=O) groups excluding carboxylic acids is 2. The van der Waals surface area contributed by atoms with Crippen molar-refractivity contribution in [3.8, 4) is 0 Å². The number of nitrogens with zero attached hydrogens (tertiary/aromatic N) is 1. The number of carbonyl (C=O) groups is 2. The number of nitrogens with one attached hydrogen (secondary N) is 1. The maximum absolute atomic E-state index is 11.5. The van der Waals surface area contributed by atoms with Crippen molar-refractivity contribution in [2.75, 3.05) is 6.61 Å². The Morgan fingerprint density at radius 3 is 2.79 bits per heavy atom. The van der Waals surface area contributed by atoms with Crippen molar-refractivity contribution in [2.45, 2.75) is 12.5 Å². The monoisotopic (exact) mass is 194 g/mol. The Kier molecular flexibility index (Phi) is 2.22. The molecule has 2 heterocycles. The molecule has 0 bridgehead atoms. The fourth-order valence-corrected chi connectivity index (χ4v) is 1.32. The lowest BCUT2D eigenvalue weighted by molar-refractivity contribution is -0.139. The minimum absolute atomic E-state index is 0.307. The molecule has 74 valence electrons. The summed E-state index contributed by atoms with van der Waals surface area (Å²) < 4.78 is 6.10. The summed E-state index contributed by atoms with van der Waals surface area (Å²) in [5.74, 6) is -0.356. The van der Waals surface area contributed by atoms with Crippen molar-refractivity contribution in [2.24, 2.45) is 0 Å². The van der Waals surface area contributed by atoms with Crippen LogP contribution in [-0.2, 0) is 9.53 Å². The summed E-state index contributed by atoms with van der Waals surface area (Å²) in [5.41, 5.74) is 0. The normalized spacial score (nSPS) is 20.6. The van der Waals surface area contributed by atoms with E-state index in [0.717, 1.165) is 0 Å². The first-order chi connectivity index (χ1) is 6.77. The van der Waals surface area contributed by atoms with Crippen LogP contribution < -0.4 is 5.32 Å². The molecule has 1 aliphatic rings. The van der Waals surface area contributed by atoms with E-state index in [1.54, 1.807) is 24.5 Å². The van der Waals surface area contributed by atoms with Gasteiger partial charge in [-0.25, -0.2) is 9.59 Å². The van der Waals surface area contributed by atoms with Crippen LogP contribution in [0, 0.1) is 0 Å². The molecule has 0 unspecified atom stereocenters. The van der Waals surface area contributed by atoms with Gasteiger partial charge in [0.25, 0.3) is 0 Å². The van der Waals surface area contributed by atoms with Crippen molar-refractivity contribution in [1.29, 1.82) is 0 Å². The lowest BCUT2D eigenvalue weighted by Gasteiger charge is -2.08. The average molecular weight is 194 g/mol. The van der Waals surface area contributed by atoms with Crippen LogP contribution in [0.5, 0.6) is 0 Å². The van der Waals surface area contributed by atoms with Crippen LogP contribution in [0.4, 0.5) is 4.79 Å². The summed E-state index contributed by atoms with van der Waals surface area (Å²) in [4.78, 5) is 22.5. The minimum atomic E-state index is -0.495. The smallest absolute Gasteiger partial charge is 0.328 e. The van der Waals surface area contributed by atoms with Gasteiger partial charge in [0.15, 0.2) is 0 Å². The van der Waals surface area contributed by atoms with Crippen LogP contribution in [0.15, 0.2) is 24.5 Å². The maximum atomic E-state index is 11.5. The van der Waals surface area contributed by atoms with E-state index in [-0.39, 0.29) is 12.0 Å². The van der Waals surface area contributed by atoms with E-state index >= 15 is 0 Å². The molecule has 1 aromatic heterocycles. The second-order valence-corrected chi connectivity index (χ2v) is 3.05. The largest absolute Gasteiger partial charge is 0.464 e. The second-order valence-electron chi connectivity index (χ2n) is 3.05. The first-order valence-corrected chi connectivity index (χ1v) is 4.38. The third kappa shape index (κ3) is 1.61. The third-order valence-electron chi connectivity index (χ3n) is 2.07. The van der Waals surface area contributed by atoms with Crippen molar-refractivity contribution >= 4 is 12.0 Å². The number of ether oxygens (including phenoxy) is 1. The van der Waals surface area contributed by atoms with Crippen molar-refractivity contribution in [3.05, 3.63) is 24.5 Å². The number of aromatic nitrogens is 1. The molecule has 1 aliphatic heterocycles. The van der Waals surface area contributed by atoms with Crippen LogP contribution in [-0.4, -0.2) is 29.2 Å². The molecule has 0 radical (unpaired) electrons. The van der Waals surface area contributed by atoms with Crippen molar-refractivity contribution < 1.29 is 14.3 Å². The van der Waals surface area contributed by atoms with E-state index in [2.05, 4.69) is 5.32 Å². The Bertz CT molecular complexity index is 345. The highest BCUT2D eigenvalue weighted by Gasteiger charge is 2.27. The number of esters is 1. The van der Waals surface area contributed by atoms with Crippen LogP contribution in [0.25, 0.3) is 0 Å². The molecule has 1 amide bonds. The number of hydrogen-bond acceptors (Lipinski definition) is 3. The summed E-state index contributed by atoms with van der Waals surface area (Å²) in [5, 5.41) is 2.58. The fraction of sp³-hybridized carbons (Fsp3) is 0.333. The van der Waals surface area contributed by atoms with Gasteiger partial charge < -0.3 is 10.1 Å². The van der Waals surface area contributed by atoms with E-state index in [1.807, 2.05) is 0 Å². The van der Waals surface area contributed by atoms with Crippen LogP contribution in [0.3, 0.4) is 0 Å². The summed E-state index contributed by atoms with van der Waals surface area (Å²) in [6.45, 7) is 0.384. The van der Waals surface area contributed by atoms with E-state index in [9.17, 15) is 9.59 Å². The molecule has 0 spiro atoms. The average Bonchev–Trinajstić information content (AvgIpc) is 2.77. The van der Waals surface area contributed by atoms with Gasteiger partial charge in [0.1, 0.15) is 6.04 Å². The minimum Gasteiger partial charge on any atom is -0.464 e. The molecule has 1 aromatic rings. The SMILES string of the molecule is O=C1OCC[C@@H]1NC(=O)n1cccc1. The highest BCUT2D eigenvalue weighted by molar-refractivity contribution is 5.85. The molecule has 1 N–H and O–H groups in total. The van der Waals surface area contributed by atoms with Gasteiger partial charge in [-0.2, -0.15) is 0 Å². The van der Waals surface area contributed by atoms with Crippen LogP contribution in [0.1, 0.15) is 6.42 Å². The molecule has 1 saturated heterocycles. The maximum Gasteiger partial charge on any atom is 0.328 e. The van der Waals surface area contributed by atoms with Gasteiger partial charge in [0.05, 0.1) is 6.61 Å². The highest BCUT2D eigenvalue weighted by Crippen LogP contribution is 2.05. The molecule has 2 rings (SSSR count). The molecule has 1 atom stereocenters. The topological polar surface area (TPSA) is 60.3 Å². The van der Waals surface area contributed by atoms with Crippen LogP contribution >= 0.6 is 0 Å². The van der Waals surface area contributed by atoms with Gasteiger partial charge in [-0.05, 0) is 12.1 Å². The lowest BCUT2D eigenvalue weighted by atomic mass is 10.2. The third-order valence-corrected chi connectivity index (χ3v) is 2.07. The Balaban J connectivity index is 1.98. The van der Waals surface area contributed by atoms with E-state index in [4.69, 9.17) is 4.74 Å². The Labute approximate surface area is 80.7 Å². The Morgan fingerprint density at radius 2 is 2.21 bits per heavy atom. The van der Waals surface area contributed by atoms with Gasteiger partial charge in [0.2, 0.25) is 0 Å². The van der Waals surface area contributed by atoms with E-state index in [1.165, 1.54) is 4.57 Å². The van der Waals surface area contributed by atoms with Gasteiger partial charge in [0, 0.05) is 18.8 Å². The van der Waals surface area contributed by atoms with Crippen molar-refractivity contribution in [1.82, 2.24) is 9.88 Å². The predicted molar refractivity (Wildman–Crippen MR) is 47.7 cm³/mol. The lowest BCUT2D eigenvalue weighted by Crippen LogP contribution is -2.39. The number of cyclic esters (lactones) is 1. The summed E-state index contributed by atoms with van der Waals surface area (Å²) in [6, 6.07) is 2.68. The first-order valence-electron chi connectivity index (χ1n) is 4.38. The van der Waals surface area contributed by atoms with Gasteiger partial charge in [-0.15, -0.1) is 0 Å². The molecular formula is C9H10N2O3. The predicted octanol–water partition coefficient (Wildman–Crippen LogP) is 0.361. The summed E-state index contributed by atoms with van der Waals surface area (Å²) in [6.07, 6.45) is 3.79. The number of hydrogen-bond donors (Lipinski definition) is 1. The zero-order chi connectivity index (χ0) is 9.97. The van der Waals surface area contributed by atoms with E-state index in [0.29, 0.717) is 13.0 Å². The Hall–Kier alpha value is -1.78. The summed E-state index contributed by atoms with van der Waals surface area (Å²) in [7, 11) is 0. The van der Waals surface area contributed by atoms with Crippen molar-refractivity contribution in [3.63, 3.8) is 0 Å². The second kappa shape index (κ2) is 3.53. The van der Waals surface area contributed by atoms with Gasteiger partial charge in [-0.3, -0.25) is 4.57 Å². The first kappa shape index (κ1) is 8.80. The fourth-order valence-electron chi connectivity index (χ4n) is 1.32. The zero-order valence-electron chi connectivity index (χ0n) is 7.47. The molecule has 0 aliphatic carbocycles. The van der Waals surface area contributed by atoms with Gasteiger partial charge >= 0.3 is 12.0 Å². The molecule has 5 nitrogen and oxygen atoms in total. The van der Waals surface area contributed by atoms with E-state index < -0.39 is 6.04 Å². The molecule has 0 aromatic carbocycles. The molecule has 5 heteroatoms. The molecule has 14 heavy (non-hydrogen) atoms. The standard InChI is InChI=1S/C9H10N2O3/c12-8-7(3-6-14-8)10-9(13)11-4-1-2-5-11/h1-2,4-5,7H,3,6H2,(H,10,13)/t7-/m0/s1. The molecule has 0 saturated carbocycles. The Morgan fingerprint density at radius 1 is 1.50 bits per heavy atom. The zero-order valence-corrected chi connectivity index (χ0v) is 7.47. The molecular weight excluding hydrogens is 184 g/mol. The van der Waals surface area contributed by atoms with Gasteiger partial charge in [-0.1, -0.05) is 0 Å².